The first kappa shape index (κ1) is 20.8. The van der Waals surface area contributed by atoms with Gasteiger partial charge in [0.05, 0.1) is 26.3 Å². The van der Waals surface area contributed by atoms with Gasteiger partial charge in [-0.15, -0.1) is 0 Å². The minimum Gasteiger partial charge on any atom is -0.497 e. The summed E-state index contributed by atoms with van der Waals surface area (Å²) in [5.74, 6) is 1.81. The molecule has 0 saturated carbocycles. The number of likely N-dealkylation sites (tertiary alicyclic amines) is 1. The quantitative estimate of drug-likeness (QED) is 0.610. The summed E-state index contributed by atoms with van der Waals surface area (Å²) in [5, 5.41) is 0. The van der Waals surface area contributed by atoms with Crippen LogP contribution in [0.4, 0.5) is 0 Å². The lowest BCUT2D eigenvalue weighted by molar-refractivity contribution is -0.131. The molecule has 31 heavy (non-hydrogen) atoms. The third kappa shape index (κ3) is 4.66. The van der Waals surface area contributed by atoms with Crippen LogP contribution >= 0.6 is 0 Å². The van der Waals surface area contributed by atoms with Crippen LogP contribution < -0.4 is 9.47 Å². The van der Waals surface area contributed by atoms with Gasteiger partial charge in [0.15, 0.2) is 0 Å². The van der Waals surface area contributed by atoms with Gasteiger partial charge < -0.3 is 14.4 Å². The largest absolute Gasteiger partial charge is 0.497 e. The van der Waals surface area contributed by atoms with Crippen LogP contribution in [0.1, 0.15) is 30.0 Å². The van der Waals surface area contributed by atoms with Crippen molar-refractivity contribution in [2.45, 2.75) is 25.2 Å². The molecule has 0 bridgehead atoms. The Bertz CT molecular complexity index is 1030. The van der Waals surface area contributed by atoms with E-state index in [1.54, 1.807) is 32.9 Å². The van der Waals surface area contributed by atoms with E-state index in [2.05, 4.69) is 15.0 Å². The summed E-state index contributed by atoms with van der Waals surface area (Å²) in [6, 6.07) is 9.49. The summed E-state index contributed by atoms with van der Waals surface area (Å²) in [6.07, 6.45) is 9.06. The predicted octanol–water partition coefficient (Wildman–Crippen LogP) is 3.50. The fourth-order valence-corrected chi connectivity index (χ4v) is 4.12. The lowest BCUT2D eigenvalue weighted by atomic mass is 9.89. The number of carbonyl (C=O) groups excluding carboxylic acids is 1. The Morgan fingerprint density at radius 3 is 2.55 bits per heavy atom. The summed E-state index contributed by atoms with van der Waals surface area (Å²) in [6.45, 7) is 1.41. The van der Waals surface area contributed by atoms with Crippen LogP contribution in [0, 0.1) is 0 Å². The van der Waals surface area contributed by atoms with E-state index in [1.807, 2.05) is 41.4 Å². The van der Waals surface area contributed by atoms with Crippen molar-refractivity contribution in [2.24, 2.45) is 0 Å². The van der Waals surface area contributed by atoms with E-state index in [0.29, 0.717) is 31.2 Å². The standard InChI is InChI=1S/C24H26N4O3/c1-30-20-3-4-22(31-2)19(13-20)14-23(29)28-11-7-18(8-12-28)24-21(15-26-16-27-24)17-5-9-25-10-6-17/h3-6,9-10,13,15-16,18H,7-8,11-12,14H2,1-2H3. The van der Waals surface area contributed by atoms with Gasteiger partial charge in [0.1, 0.15) is 17.8 Å². The van der Waals surface area contributed by atoms with Crippen LogP contribution in [0.3, 0.4) is 0 Å². The van der Waals surface area contributed by atoms with Crippen LogP contribution in [-0.2, 0) is 11.2 Å². The lowest BCUT2D eigenvalue weighted by Gasteiger charge is -2.32. The fourth-order valence-electron chi connectivity index (χ4n) is 4.12. The number of hydrogen-bond acceptors (Lipinski definition) is 6. The number of hydrogen-bond donors (Lipinski definition) is 0. The molecule has 7 heteroatoms. The second kappa shape index (κ2) is 9.55. The molecule has 0 radical (unpaired) electrons. The maximum absolute atomic E-state index is 13.0. The molecule has 0 unspecified atom stereocenters. The minimum absolute atomic E-state index is 0.0991. The maximum atomic E-state index is 13.0. The molecule has 0 spiro atoms. The molecule has 0 atom stereocenters. The molecule has 2 aromatic heterocycles. The summed E-state index contributed by atoms with van der Waals surface area (Å²) in [4.78, 5) is 27.8. The minimum atomic E-state index is 0.0991. The molecule has 0 aliphatic carbocycles. The Morgan fingerprint density at radius 2 is 1.84 bits per heavy atom. The Labute approximate surface area is 182 Å². The van der Waals surface area contributed by atoms with Crippen molar-refractivity contribution in [3.05, 3.63) is 66.5 Å². The van der Waals surface area contributed by atoms with E-state index < -0.39 is 0 Å². The van der Waals surface area contributed by atoms with Crippen LogP contribution in [0.25, 0.3) is 11.1 Å². The van der Waals surface area contributed by atoms with Crippen molar-refractivity contribution in [3.63, 3.8) is 0 Å². The highest BCUT2D eigenvalue weighted by Crippen LogP contribution is 2.33. The highest BCUT2D eigenvalue weighted by Gasteiger charge is 2.27. The highest BCUT2D eigenvalue weighted by molar-refractivity contribution is 5.80. The number of methoxy groups -OCH3 is 2. The average Bonchev–Trinajstić information content (AvgIpc) is 2.84. The third-order valence-electron chi connectivity index (χ3n) is 5.80. The zero-order chi connectivity index (χ0) is 21.6. The van der Waals surface area contributed by atoms with Gasteiger partial charge in [0, 0.05) is 48.7 Å². The van der Waals surface area contributed by atoms with Gasteiger partial charge >= 0.3 is 0 Å². The van der Waals surface area contributed by atoms with Crippen molar-refractivity contribution in [1.29, 1.82) is 0 Å². The molecule has 0 N–H and O–H groups in total. The van der Waals surface area contributed by atoms with Gasteiger partial charge in [0.25, 0.3) is 0 Å². The SMILES string of the molecule is COc1ccc(OC)c(CC(=O)N2CCC(c3ncncc3-c3ccncc3)CC2)c1. The summed E-state index contributed by atoms with van der Waals surface area (Å²) < 4.78 is 10.7. The van der Waals surface area contributed by atoms with Crippen molar-refractivity contribution >= 4 is 5.91 Å². The molecule has 1 saturated heterocycles. The number of amides is 1. The summed E-state index contributed by atoms with van der Waals surface area (Å²) in [7, 11) is 3.23. The molecular formula is C24H26N4O3. The van der Waals surface area contributed by atoms with Gasteiger partial charge in [-0.2, -0.15) is 0 Å². The molecule has 3 aromatic rings. The molecule has 4 rings (SSSR count). The molecule has 1 aliphatic rings. The topological polar surface area (TPSA) is 77.4 Å². The molecule has 1 fully saturated rings. The zero-order valence-electron chi connectivity index (χ0n) is 17.8. The number of aromatic nitrogens is 3. The first-order valence-electron chi connectivity index (χ1n) is 10.4. The molecule has 7 nitrogen and oxygen atoms in total. The average molecular weight is 418 g/mol. The van der Waals surface area contributed by atoms with Crippen molar-refractivity contribution in [3.8, 4) is 22.6 Å². The second-order valence-electron chi connectivity index (χ2n) is 7.57. The van der Waals surface area contributed by atoms with Gasteiger partial charge in [0.2, 0.25) is 5.91 Å². The van der Waals surface area contributed by atoms with Crippen LogP contribution in [0.5, 0.6) is 11.5 Å². The van der Waals surface area contributed by atoms with Crippen LogP contribution in [0.2, 0.25) is 0 Å². The maximum Gasteiger partial charge on any atom is 0.227 e. The first-order valence-corrected chi connectivity index (χ1v) is 10.4. The van der Waals surface area contributed by atoms with Crippen LogP contribution in [-0.4, -0.2) is 53.1 Å². The van der Waals surface area contributed by atoms with Crippen molar-refractivity contribution < 1.29 is 14.3 Å². The van der Waals surface area contributed by atoms with E-state index in [-0.39, 0.29) is 5.91 Å². The van der Waals surface area contributed by atoms with Crippen molar-refractivity contribution in [1.82, 2.24) is 19.9 Å². The normalized spacial score (nSPS) is 14.3. The van der Waals surface area contributed by atoms with E-state index in [4.69, 9.17) is 9.47 Å². The Balaban J connectivity index is 1.44. The summed E-state index contributed by atoms with van der Waals surface area (Å²) >= 11 is 0. The van der Waals surface area contributed by atoms with E-state index >= 15 is 0 Å². The zero-order valence-corrected chi connectivity index (χ0v) is 17.8. The number of pyridine rings is 1. The number of nitrogens with zero attached hydrogens (tertiary/aromatic N) is 4. The number of rotatable bonds is 6. The number of benzene rings is 1. The lowest BCUT2D eigenvalue weighted by Crippen LogP contribution is -2.39. The number of ether oxygens (including phenoxy) is 2. The van der Waals surface area contributed by atoms with E-state index in [0.717, 1.165) is 41.0 Å². The van der Waals surface area contributed by atoms with Gasteiger partial charge in [-0.05, 0) is 48.7 Å². The molecular weight excluding hydrogens is 392 g/mol. The fraction of sp³-hybridized carbons (Fsp3) is 0.333. The smallest absolute Gasteiger partial charge is 0.227 e. The Kier molecular flexibility index (Phi) is 6.40. The van der Waals surface area contributed by atoms with E-state index in [1.165, 1.54) is 0 Å². The van der Waals surface area contributed by atoms with Gasteiger partial charge in [-0.25, -0.2) is 9.97 Å². The number of piperidine rings is 1. The molecule has 1 aliphatic heterocycles. The Hall–Kier alpha value is -3.48. The molecule has 1 aromatic carbocycles. The summed E-state index contributed by atoms with van der Waals surface area (Å²) in [5.41, 5.74) is 3.98. The van der Waals surface area contributed by atoms with Gasteiger partial charge in [-0.1, -0.05) is 0 Å². The van der Waals surface area contributed by atoms with Crippen LogP contribution in [0.15, 0.2) is 55.2 Å². The monoisotopic (exact) mass is 418 g/mol. The number of carbonyl (C=O) groups is 1. The van der Waals surface area contributed by atoms with Gasteiger partial charge in [-0.3, -0.25) is 9.78 Å². The highest BCUT2D eigenvalue weighted by atomic mass is 16.5. The molecule has 160 valence electrons. The molecule has 1 amide bonds. The predicted molar refractivity (Wildman–Crippen MR) is 117 cm³/mol. The molecule has 3 heterocycles. The van der Waals surface area contributed by atoms with Crippen molar-refractivity contribution in [2.75, 3.05) is 27.3 Å². The van der Waals surface area contributed by atoms with E-state index in [9.17, 15) is 4.79 Å². The first-order chi connectivity index (χ1) is 15.2. The third-order valence-corrected chi connectivity index (χ3v) is 5.80. The Morgan fingerprint density at radius 1 is 1.06 bits per heavy atom. The second-order valence-corrected chi connectivity index (χ2v) is 7.57.